The van der Waals surface area contributed by atoms with Gasteiger partial charge in [0.05, 0.1) is 0 Å². The van der Waals surface area contributed by atoms with Crippen LogP contribution in [0.5, 0.6) is 0 Å². The van der Waals surface area contributed by atoms with Gasteiger partial charge in [-0.1, -0.05) is 28.1 Å². The Morgan fingerprint density at radius 2 is 2.10 bits per heavy atom. The molecule has 0 aliphatic heterocycles. The molecule has 0 atom stereocenters. The van der Waals surface area contributed by atoms with Crippen LogP contribution in [0.3, 0.4) is 0 Å². The summed E-state index contributed by atoms with van der Waals surface area (Å²) in [6.45, 7) is 6.62. The molecular weight excluding hydrogens is 328 g/mol. The van der Waals surface area contributed by atoms with E-state index in [9.17, 15) is 4.79 Å². The minimum absolute atomic E-state index is 0.0366. The van der Waals surface area contributed by atoms with Crippen molar-refractivity contribution in [2.45, 2.75) is 33.4 Å². The second kappa shape index (κ2) is 6.85. The zero-order valence-electron chi connectivity index (χ0n) is 12.5. The van der Waals surface area contributed by atoms with Crippen molar-refractivity contribution in [1.82, 2.24) is 9.88 Å². The lowest BCUT2D eigenvalue weighted by molar-refractivity contribution is 0.0690. The summed E-state index contributed by atoms with van der Waals surface area (Å²) >= 11 is 3.49. The van der Waals surface area contributed by atoms with E-state index in [1.54, 1.807) is 12.4 Å². The first-order valence-electron chi connectivity index (χ1n) is 6.95. The summed E-state index contributed by atoms with van der Waals surface area (Å²) < 4.78 is 0.957. The molecule has 0 N–H and O–H groups in total. The number of aromatic nitrogens is 1. The maximum Gasteiger partial charge on any atom is 0.254 e. The van der Waals surface area contributed by atoms with Crippen LogP contribution in [0, 0.1) is 6.92 Å². The van der Waals surface area contributed by atoms with E-state index in [1.807, 2.05) is 56.0 Å². The summed E-state index contributed by atoms with van der Waals surface area (Å²) in [5.74, 6) is 0.0366. The highest BCUT2D eigenvalue weighted by Gasteiger charge is 2.19. The molecule has 0 spiro atoms. The van der Waals surface area contributed by atoms with Gasteiger partial charge in [-0.15, -0.1) is 0 Å². The zero-order valence-corrected chi connectivity index (χ0v) is 14.1. The molecule has 0 aliphatic carbocycles. The van der Waals surface area contributed by atoms with E-state index >= 15 is 0 Å². The molecule has 0 saturated heterocycles. The van der Waals surface area contributed by atoms with Crippen molar-refractivity contribution in [3.05, 3.63) is 63.9 Å². The van der Waals surface area contributed by atoms with Crippen LogP contribution in [0.15, 0.2) is 47.2 Å². The number of nitrogens with zero attached hydrogens (tertiary/aromatic N) is 2. The van der Waals surface area contributed by atoms with Crippen molar-refractivity contribution >= 4 is 21.8 Å². The fourth-order valence-corrected chi connectivity index (χ4v) is 2.45. The Hall–Kier alpha value is -1.68. The van der Waals surface area contributed by atoms with Crippen LogP contribution in [0.2, 0.25) is 0 Å². The van der Waals surface area contributed by atoms with Crippen molar-refractivity contribution in [3.63, 3.8) is 0 Å². The van der Waals surface area contributed by atoms with Gasteiger partial charge in [0.15, 0.2) is 0 Å². The minimum Gasteiger partial charge on any atom is -0.332 e. The Labute approximate surface area is 134 Å². The predicted octanol–water partition coefficient (Wildman–Crippen LogP) is 4.20. The number of hydrogen-bond acceptors (Lipinski definition) is 2. The molecule has 21 heavy (non-hydrogen) atoms. The number of amides is 1. The Morgan fingerprint density at radius 3 is 2.67 bits per heavy atom. The summed E-state index contributed by atoms with van der Waals surface area (Å²) in [6, 6.07) is 9.72. The molecule has 2 aromatic rings. The molecule has 0 bridgehead atoms. The molecule has 1 heterocycles. The smallest absolute Gasteiger partial charge is 0.254 e. The predicted molar refractivity (Wildman–Crippen MR) is 88.1 cm³/mol. The summed E-state index contributed by atoms with van der Waals surface area (Å²) in [5.41, 5.74) is 2.85. The molecule has 1 aromatic heterocycles. The van der Waals surface area contributed by atoms with E-state index in [-0.39, 0.29) is 11.9 Å². The summed E-state index contributed by atoms with van der Waals surface area (Å²) in [6.07, 6.45) is 3.54. The lowest BCUT2D eigenvalue weighted by Gasteiger charge is -2.27. The third-order valence-corrected chi connectivity index (χ3v) is 4.23. The van der Waals surface area contributed by atoms with Crippen LogP contribution in [0.1, 0.15) is 35.3 Å². The van der Waals surface area contributed by atoms with Gasteiger partial charge in [-0.2, -0.15) is 0 Å². The van der Waals surface area contributed by atoms with Crippen molar-refractivity contribution < 1.29 is 4.79 Å². The molecule has 0 aliphatic rings. The van der Waals surface area contributed by atoms with Gasteiger partial charge in [0.2, 0.25) is 0 Å². The van der Waals surface area contributed by atoms with Crippen molar-refractivity contribution in [1.29, 1.82) is 0 Å². The van der Waals surface area contributed by atoms with Crippen molar-refractivity contribution in [2.24, 2.45) is 0 Å². The molecule has 1 amide bonds. The number of halogens is 1. The van der Waals surface area contributed by atoms with Crippen LogP contribution in [0.25, 0.3) is 0 Å². The van der Waals surface area contributed by atoms with E-state index in [1.165, 1.54) is 0 Å². The number of hydrogen-bond donors (Lipinski definition) is 0. The summed E-state index contributed by atoms with van der Waals surface area (Å²) in [4.78, 5) is 18.7. The second-order valence-electron chi connectivity index (χ2n) is 5.35. The average Bonchev–Trinajstić information content (AvgIpc) is 2.47. The Morgan fingerprint density at radius 1 is 1.33 bits per heavy atom. The van der Waals surface area contributed by atoms with Crippen molar-refractivity contribution in [3.8, 4) is 0 Å². The van der Waals surface area contributed by atoms with E-state index in [2.05, 4.69) is 20.9 Å². The number of carbonyl (C=O) groups excluding carboxylic acids is 1. The fraction of sp³-hybridized carbons (Fsp3) is 0.294. The van der Waals surface area contributed by atoms with Gasteiger partial charge in [0.25, 0.3) is 5.91 Å². The summed E-state index contributed by atoms with van der Waals surface area (Å²) in [5, 5.41) is 0. The first-order valence-corrected chi connectivity index (χ1v) is 7.74. The maximum atomic E-state index is 12.7. The number of pyridine rings is 1. The SMILES string of the molecule is Cc1ccc(C(=O)N(Cc2cccnc2)C(C)C)cc1Br. The van der Waals surface area contributed by atoms with Crippen LogP contribution >= 0.6 is 15.9 Å². The fourth-order valence-electron chi connectivity index (χ4n) is 2.07. The van der Waals surface area contributed by atoms with Crippen LogP contribution in [-0.4, -0.2) is 21.8 Å². The van der Waals surface area contributed by atoms with E-state index in [0.29, 0.717) is 12.1 Å². The first kappa shape index (κ1) is 15.7. The van der Waals surface area contributed by atoms with Gasteiger partial charge in [-0.3, -0.25) is 9.78 Å². The highest BCUT2D eigenvalue weighted by atomic mass is 79.9. The molecule has 2 rings (SSSR count). The lowest BCUT2D eigenvalue weighted by atomic mass is 10.1. The van der Waals surface area contributed by atoms with Crippen molar-refractivity contribution in [2.75, 3.05) is 0 Å². The number of carbonyl (C=O) groups is 1. The van der Waals surface area contributed by atoms with Gasteiger partial charge in [-0.05, 0) is 50.1 Å². The largest absolute Gasteiger partial charge is 0.332 e. The van der Waals surface area contributed by atoms with Gasteiger partial charge >= 0.3 is 0 Å². The quantitative estimate of drug-likeness (QED) is 0.830. The van der Waals surface area contributed by atoms with Gasteiger partial charge in [0, 0.05) is 35.0 Å². The summed E-state index contributed by atoms with van der Waals surface area (Å²) in [7, 11) is 0. The highest BCUT2D eigenvalue weighted by Crippen LogP contribution is 2.20. The Bertz CT molecular complexity index is 626. The number of benzene rings is 1. The standard InChI is InChI=1S/C17H19BrN2O/c1-12(2)20(11-14-5-4-8-19-10-14)17(21)15-7-6-13(3)16(18)9-15/h4-10,12H,11H2,1-3H3. The first-order chi connectivity index (χ1) is 9.99. The van der Waals surface area contributed by atoms with Crippen LogP contribution < -0.4 is 0 Å². The number of aryl methyl sites for hydroxylation is 1. The second-order valence-corrected chi connectivity index (χ2v) is 6.21. The Balaban J connectivity index is 2.25. The highest BCUT2D eigenvalue weighted by molar-refractivity contribution is 9.10. The molecule has 0 saturated carbocycles. The lowest BCUT2D eigenvalue weighted by Crippen LogP contribution is -2.36. The topological polar surface area (TPSA) is 33.2 Å². The molecular formula is C17H19BrN2O. The number of rotatable bonds is 4. The molecule has 0 radical (unpaired) electrons. The molecule has 4 heteroatoms. The van der Waals surface area contributed by atoms with Gasteiger partial charge in [0.1, 0.15) is 0 Å². The molecule has 3 nitrogen and oxygen atoms in total. The maximum absolute atomic E-state index is 12.7. The third-order valence-electron chi connectivity index (χ3n) is 3.38. The van der Waals surface area contributed by atoms with Gasteiger partial charge < -0.3 is 4.90 Å². The van der Waals surface area contributed by atoms with Gasteiger partial charge in [-0.25, -0.2) is 0 Å². The van der Waals surface area contributed by atoms with E-state index in [0.717, 1.165) is 15.6 Å². The van der Waals surface area contributed by atoms with Crippen LogP contribution in [-0.2, 0) is 6.54 Å². The van der Waals surface area contributed by atoms with Crippen LogP contribution in [0.4, 0.5) is 0 Å². The molecule has 0 fully saturated rings. The molecule has 0 unspecified atom stereocenters. The Kier molecular flexibility index (Phi) is 5.12. The average molecular weight is 347 g/mol. The normalized spacial score (nSPS) is 10.7. The molecule has 110 valence electrons. The minimum atomic E-state index is 0.0366. The van der Waals surface area contributed by atoms with E-state index < -0.39 is 0 Å². The monoisotopic (exact) mass is 346 g/mol. The van der Waals surface area contributed by atoms with E-state index in [4.69, 9.17) is 0 Å². The third kappa shape index (κ3) is 3.91. The zero-order chi connectivity index (χ0) is 15.4. The molecule has 1 aromatic carbocycles.